The van der Waals surface area contributed by atoms with Crippen molar-refractivity contribution in [3.05, 3.63) is 58.8 Å². The number of carbonyl (C=O) groups excluding carboxylic acids is 3. The number of nitrogens with two attached hydrogens (primary N) is 1. The summed E-state index contributed by atoms with van der Waals surface area (Å²) < 4.78 is 3.88. The van der Waals surface area contributed by atoms with Crippen molar-refractivity contribution in [1.82, 2.24) is 19.8 Å². The van der Waals surface area contributed by atoms with E-state index in [1.807, 2.05) is 46.6 Å². The molecule has 0 saturated carbocycles. The zero-order valence-corrected chi connectivity index (χ0v) is 20.8. The van der Waals surface area contributed by atoms with E-state index in [4.69, 9.17) is 10.6 Å². The van der Waals surface area contributed by atoms with Crippen LogP contribution in [0.5, 0.6) is 0 Å². The molecule has 3 aromatic heterocycles. The number of carboxylic acid groups (broad SMARTS) is 1. The third-order valence-electron chi connectivity index (χ3n) is 6.01. The maximum absolute atomic E-state index is 13.0. The highest BCUT2D eigenvalue weighted by Crippen LogP contribution is 2.40. The van der Waals surface area contributed by atoms with Crippen LogP contribution >= 0.6 is 23.1 Å². The van der Waals surface area contributed by atoms with Crippen LogP contribution in [-0.4, -0.2) is 62.2 Å². The van der Waals surface area contributed by atoms with Crippen LogP contribution in [0.1, 0.15) is 11.4 Å². The largest absolute Gasteiger partial charge is 0.543 e. The first-order valence-electron chi connectivity index (χ1n) is 10.8. The lowest BCUT2D eigenvalue weighted by molar-refractivity contribution is -0.512. The van der Waals surface area contributed by atoms with E-state index >= 15 is 0 Å². The van der Waals surface area contributed by atoms with Crippen molar-refractivity contribution in [2.75, 3.05) is 18.6 Å². The molecule has 2 aliphatic rings. The van der Waals surface area contributed by atoms with Gasteiger partial charge >= 0.3 is 0 Å². The SMILES string of the molecule is CO/N=C(\C(=O)N[C@@H]1C(=O)N2C(C(=O)[O-])=C(Cn3c[n+]4ccccc4c3C)CS[C@H]12)c1csc(N)n1. The maximum atomic E-state index is 13.0. The van der Waals surface area contributed by atoms with Gasteiger partial charge in [-0.25, -0.2) is 14.0 Å². The van der Waals surface area contributed by atoms with Crippen molar-refractivity contribution in [2.24, 2.45) is 5.16 Å². The maximum Gasteiger partial charge on any atom is 0.276 e. The molecule has 0 radical (unpaired) electrons. The van der Waals surface area contributed by atoms with Crippen molar-refractivity contribution >= 4 is 57.2 Å². The summed E-state index contributed by atoms with van der Waals surface area (Å²) in [6, 6.07) is 4.86. The number of aliphatic carboxylic acids is 1. The van der Waals surface area contributed by atoms with E-state index < -0.39 is 29.2 Å². The summed E-state index contributed by atoms with van der Waals surface area (Å²) in [7, 11) is 1.28. The van der Waals surface area contributed by atoms with E-state index in [0.29, 0.717) is 11.3 Å². The smallest absolute Gasteiger partial charge is 0.276 e. The van der Waals surface area contributed by atoms with Crippen LogP contribution in [0.3, 0.4) is 0 Å². The topological polar surface area (TPSA) is 159 Å². The number of fused-ring (bicyclic) bond motifs is 2. The third kappa shape index (κ3) is 3.97. The molecule has 3 N–H and O–H groups in total. The molecule has 3 aromatic rings. The Bertz CT molecular complexity index is 1460. The Kier molecular flexibility index (Phi) is 6.14. The molecule has 0 unspecified atom stereocenters. The first-order valence-corrected chi connectivity index (χ1v) is 12.7. The Morgan fingerprint density at radius 1 is 1.42 bits per heavy atom. The highest BCUT2D eigenvalue weighted by atomic mass is 32.2. The molecular weight excluding hydrogens is 506 g/mol. The van der Waals surface area contributed by atoms with Crippen molar-refractivity contribution in [2.45, 2.75) is 24.9 Å². The average Bonchev–Trinajstić information content (AvgIpc) is 3.43. The predicted octanol–water partition coefficient (Wildman–Crippen LogP) is -0.971. The molecule has 1 saturated heterocycles. The van der Waals surface area contributed by atoms with Gasteiger partial charge in [0.2, 0.25) is 6.33 Å². The molecule has 0 aliphatic carbocycles. The van der Waals surface area contributed by atoms with Gasteiger partial charge in [-0.3, -0.25) is 14.5 Å². The quantitative estimate of drug-likeness (QED) is 0.172. The standard InChI is InChI=1S/C22H21N7O5S2/c1-11-14-5-3-4-6-27(14)10-28(11)7-12-8-35-20-16(19(31)29(20)17(12)21(32)33)25-18(30)15(26-34-2)13-9-36-22(23)24-13/h3-6,9-10,16,20H,7-8H2,1-2H3,(H3-,23,24,25,30,32,33)/b26-15-/t16-,20-/m1/s1. The minimum Gasteiger partial charge on any atom is -0.543 e. The fourth-order valence-electron chi connectivity index (χ4n) is 4.31. The molecular formula is C22H21N7O5S2. The number of nitrogens with zero attached hydrogens (tertiary/aromatic N) is 5. The number of thioether (sulfide) groups is 1. The zero-order chi connectivity index (χ0) is 25.6. The Morgan fingerprint density at radius 2 is 2.22 bits per heavy atom. The number of β-lactam (4-membered cyclic amide) rings is 1. The Balaban J connectivity index is 1.38. The molecule has 2 atom stereocenters. The number of aryl methyl sites for hydroxylation is 1. The van der Waals surface area contributed by atoms with Crippen LogP contribution in [0.15, 0.2) is 52.5 Å². The zero-order valence-electron chi connectivity index (χ0n) is 19.2. The number of hydrogen-bond acceptors (Lipinski definition) is 10. The number of carboxylic acids is 1. The van der Waals surface area contributed by atoms with E-state index in [2.05, 4.69) is 15.5 Å². The highest BCUT2D eigenvalue weighted by Gasteiger charge is 2.53. The summed E-state index contributed by atoms with van der Waals surface area (Å²) in [6.07, 6.45) is 3.79. The van der Waals surface area contributed by atoms with Gasteiger partial charge in [0, 0.05) is 23.6 Å². The first kappa shape index (κ1) is 23.8. The van der Waals surface area contributed by atoms with Gasteiger partial charge in [0.15, 0.2) is 16.4 Å². The fourth-order valence-corrected chi connectivity index (χ4v) is 6.19. The van der Waals surface area contributed by atoms with Crippen LogP contribution in [0.4, 0.5) is 5.13 Å². The van der Waals surface area contributed by atoms with E-state index in [0.717, 1.165) is 22.5 Å². The number of nitrogen functional groups attached to an aromatic ring is 1. The molecule has 2 amide bonds. The van der Waals surface area contributed by atoms with Gasteiger partial charge in [0.05, 0.1) is 17.9 Å². The summed E-state index contributed by atoms with van der Waals surface area (Å²) in [5.41, 5.74) is 8.07. The van der Waals surface area contributed by atoms with E-state index in [9.17, 15) is 19.5 Å². The van der Waals surface area contributed by atoms with Gasteiger partial charge in [0.1, 0.15) is 36.5 Å². The van der Waals surface area contributed by atoms with Gasteiger partial charge in [0.25, 0.3) is 11.8 Å². The van der Waals surface area contributed by atoms with E-state index in [-0.39, 0.29) is 28.8 Å². The number of oxime groups is 1. The van der Waals surface area contributed by atoms with Gasteiger partial charge in [-0.15, -0.1) is 23.1 Å². The number of nitrogens with one attached hydrogen (secondary N) is 1. The monoisotopic (exact) mass is 527 g/mol. The molecule has 36 heavy (non-hydrogen) atoms. The number of imidazole rings is 1. The predicted molar refractivity (Wildman–Crippen MR) is 129 cm³/mol. The molecule has 5 rings (SSSR count). The third-order valence-corrected chi connectivity index (χ3v) is 8.02. The number of thiazole rings is 1. The number of rotatable bonds is 7. The summed E-state index contributed by atoms with van der Waals surface area (Å²) in [6.45, 7) is 2.23. The molecule has 0 spiro atoms. The number of amides is 2. The van der Waals surface area contributed by atoms with Crippen LogP contribution < -0.4 is 20.6 Å². The minimum absolute atomic E-state index is 0.137. The van der Waals surface area contributed by atoms with E-state index in [1.165, 1.54) is 23.8 Å². The first-order chi connectivity index (χ1) is 17.3. The summed E-state index contributed by atoms with van der Waals surface area (Å²) in [4.78, 5) is 48.0. The number of anilines is 1. The van der Waals surface area contributed by atoms with Gasteiger partial charge in [-0.2, -0.15) is 0 Å². The van der Waals surface area contributed by atoms with Crippen LogP contribution in [0.2, 0.25) is 0 Å². The van der Waals surface area contributed by atoms with E-state index in [1.54, 1.807) is 5.38 Å². The molecule has 1 fully saturated rings. The number of hydrogen-bond donors (Lipinski definition) is 2. The second-order valence-corrected chi connectivity index (χ2v) is 10.1. The van der Waals surface area contributed by atoms with Gasteiger partial charge in [-0.05, 0) is 12.1 Å². The lowest BCUT2D eigenvalue weighted by Crippen LogP contribution is -2.71. The number of carbonyl (C=O) groups is 3. The highest BCUT2D eigenvalue weighted by molar-refractivity contribution is 8.00. The lowest BCUT2D eigenvalue weighted by Gasteiger charge is -2.50. The fraction of sp³-hybridized carbons (Fsp3) is 0.273. The van der Waals surface area contributed by atoms with Crippen molar-refractivity contribution in [3.8, 4) is 0 Å². The molecule has 12 nitrogen and oxygen atoms in total. The number of aromatic nitrogens is 3. The van der Waals surface area contributed by atoms with Gasteiger partial charge in [-0.1, -0.05) is 11.2 Å². The Hall–Kier alpha value is -3.91. The summed E-state index contributed by atoms with van der Waals surface area (Å²) >= 11 is 2.50. The summed E-state index contributed by atoms with van der Waals surface area (Å²) in [5, 5.41) is 19.7. The van der Waals surface area contributed by atoms with Crippen LogP contribution in [0.25, 0.3) is 5.52 Å². The molecule has 0 aromatic carbocycles. The summed E-state index contributed by atoms with van der Waals surface area (Å²) in [5.74, 6) is -2.31. The average molecular weight is 528 g/mol. The Labute approximate surface area is 213 Å². The molecule has 186 valence electrons. The molecule has 2 aliphatic heterocycles. The molecule has 0 bridgehead atoms. The van der Waals surface area contributed by atoms with Crippen LogP contribution in [0, 0.1) is 6.92 Å². The molecule has 14 heteroatoms. The normalized spacial score (nSPS) is 19.8. The molecule has 5 heterocycles. The van der Waals surface area contributed by atoms with Crippen molar-refractivity contribution < 1.29 is 28.7 Å². The second kappa shape index (κ2) is 9.28. The van der Waals surface area contributed by atoms with Crippen molar-refractivity contribution in [3.63, 3.8) is 0 Å². The minimum atomic E-state index is -1.44. The Morgan fingerprint density at radius 3 is 2.89 bits per heavy atom. The second-order valence-electron chi connectivity index (χ2n) is 8.12. The number of pyridine rings is 1. The van der Waals surface area contributed by atoms with Gasteiger partial charge < -0.3 is 25.8 Å². The lowest BCUT2D eigenvalue weighted by atomic mass is 10.0. The van der Waals surface area contributed by atoms with Crippen molar-refractivity contribution in [1.29, 1.82) is 0 Å². The van der Waals surface area contributed by atoms with Crippen LogP contribution in [-0.2, 0) is 25.8 Å².